The summed E-state index contributed by atoms with van der Waals surface area (Å²) in [5, 5.41) is 13.7. The van der Waals surface area contributed by atoms with Crippen molar-refractivity contribution in [3.05, 3.63) is 83.7 Å². The minimum Gasteiger partial charge on any atom is -0.507 e. The lowest BCUT2D eigenvalue weighted by atomic mass is 10.1. The molecule has 0 bridgehead atoms. The number of anilines is 1. The van der Waals surface area contributed by atoms with Crippen LogP contribution in [0.5, 0.6) is 11.5 Å². The third-order valence-corrected chi connectivity index (χ3v) is 5.43. The van der Waals surface area contributed by atoms with Crippen molar-refractivity contribution in [1.82, 2.24) is 4.98 Å². The number of hydrogen-bond acceptors (Lipinski definition) is 5. The van der Waals surface area contributed by atoms with Gasteiger partial charge in [-0.25, -0.2) is 4.98 Å². The Morgan fingerprint density at radius 3 is 2.52 bits per heavy atom. The molecule has 144 valence electrons. The van der Waals surface area contributed by atoms with Crippen LogP contribution >= 0.6 is 11.3 Å². The monoisotopic (exact) mass is 402 g/mol. The van der Waals surface area contributed by atoms with Crippen molar-refractivity contribution in [3.63, 3.8) is 0 Å². The van der Waals surface area contributed by atoms with Gasteiger partial charge in [-0.05, 0) is 24.3 Å². The van der Waals surface area contributed by atoms with E-state index in [2.05, 4.69) is 10.3 Å². The van der Waals surface area contributed by atoms with Gasteiger partial charge in [0.25, 0.3) is 5.91 Å². The minimum absolute atomic E-state index is 0.126. The zero-order valence-corrected chi connectivity index (χ0v) is 16.4. The molecule has 0 atom stereocenters. The van der Waals surface area contributed by atoms with Crippen LogP contribution in [0.2, 0.25) is 0 Å². The second-order valence-corrected chi connectivity index (χ2v) is 7.27. The van der Waals surface area contributed by atoms with Crippen molar-refractivity contribution < 1.29 is 14.6 Å². The summed E-state index contributed by atoms with van der Waals surface area (Å²) >= 11 is 1.24. The number of methoxy groups -OCH3 is 1. The summed E-state index contributed by atoms with van der Waals surface area (Å²) in [7, 11) is 1.58. The highest BCUT2D eigenvalue weighted by molar-refractivity contribution is 7.17. The van der Waals surface area contributed by atoms with Crippen molar-refractivity contribution in [3.8, 4) is 33.3 Å². The topological polar surface area (TPSA) is 71.5 Å². The maximum Gasteiger partial charge on any atom is 0.268 e. The quantitative estimate of drug-likeness (QED) is 0.466. The fraction of sp³-hybridized carbons (Fsp3) is 0.0435. The first-order valence-corrected chi connectivity index (χ1v) is 9.77. The number of amides is 1. The van der Waals surface area contributed by atoms with Crippen molar-refractivity contribution in [1.29, 1.82) is 0 Å². The molecular weight excluding hydrogens is 384 g/mol. The number of thiazole rings is 1. The van der Waals surface area contributed by atoms with Crippen molar-refractivity contribution in [2.45, 2.75) is 0 Å². The van der Waals surface area contributed by atoms with E-state index in [4.69, 9.17) is 4.74 Å². The third-order valence-electron chi connectivity index (χ3n) is 4.34. The predicted molar refractivity (Wildman–Crippen MR) is 116 cm³/mol. The number of aromatic nitrogens is 1. The molecule has 29 heavy (non-hydrogen) atoms. The lowest BCUT2D eigenvalue weighted by Gasteiger charge is -2.07. The summed E-state index contributed by atoms with van der Waals surface area (Å²) < 4.78 is 5.22. The average molecular weight is 402 g/mol. The molecular formula is C23H18N2O3S. The number of para-hydroxylation sites is 1. The van der Waals surface area contributed by atoms with E-state index in [0.29, 0.717) is 32.6 Å². The molecule has 0 aliphatic rings. The van der Waals surface area contributed by atoms with E-state index in [1.165, 1.54) is 11.3 Å². The number of benzene rings is 3. The Morgan fingerprint density at radius 1 is 1.00 bits per heavy atom. The van der Waals surface area contributed by atoms with Crippen molar-refractivity contribution in [2.75, 3.05) is 12.4 Å². The van der Waals surface area contributed by atoms with Gasteiger partial charge in [-0.1, -0.05) is 48.5 Å². The van der Waals surface area contributed by atoms with Gasteiger partial charge in [0.1, 0.15) is 21.4 Å². The molecule has 1 aromatic heterocycles. The number of hydrogen-bond donors (Lipinski definition) is 2. The molecule has 0 radical (unpaired) electrons. The number of phenols is 1. The minimum atomic E-state index is -0.267. The number of phenolic OH excluding ortho intramolecular Hbond substituents is 1. The second kappa shape index (κ2) is 8.16. The first kappa shape index (κ1) is 18.7. The van der Waals surface area contributed by atoms with E-state index in [1.807, 2.05) is 48.5 Å². The van der Waals surface area contributed by atoms with Crippen LogP contribution in [0, 0.1) is 0 Å². The highest BCUT2D eigenvalue weighted by atomic mass is 32.1. The fourth-order valence-corrected chi connectivity index (χ4v) is 3.94. The Kier molecular flexibility index (Phi) is 5.27. The molecule has 3 aromatic carbocycles. The Balaban J connectivity index is 1.76. The molecule has 0 fully saturated rings. The number of nitrogens with one attached hydrogen (secondary N) is 1. The Morgan fingerprint density at radius 2 is 1.76 bits per heavy atom. The van der Waals surface area contributed by atoms with Gasteiger partial charge < -0.3 is 15.2 Å². The summed E-state index contributed by atoms with van der Waals surface area (Å²) in [6, 6.07) is 23.7. The molecule has 4 aromatic rings. The van der Waals surface area contributed by atoms with Gasteiger partial charge in [0.15, 0.2) is 0 Å². The maximum atomic E-state index is 13.1. The third kappa shape index (κ3) is 3.97. The lowest BCUT2D eigenvalue weighted by molar-refractivity contribution is 0.103. The van der Waals surface area contributed by atoms with Crippen LogP contribution in [-0.2, 0) is 0 Å². The molecule has 0 aliphatic heterocycles. The molecule has 0 spiro atoms. The molecule has 0 saturated heterocycles. The smallest absolute Gasteiger partial charge is 0.268 e. The van der Waals surface area contributed by atoms with Crippen LogP contribution in [0.15, 0.2) is 78.9 Å². The van der Waals surface area contributed by atoms with Gasteiger partial charge in [-0.2, -0.15) is 0 Å². The summed E-state index contributed by atoms with van der Waals surface area (Å²) in [4.78, 5) is 18.2. The zero-order chi connectivity index (χ0) is 20.2. The molecule has 6 heteroatoms. The van der Waals surface area contributed by atoms with E-state index in [0.717, 1.165) is 5.56 Å². The van der Waals surface area contributed by atoms with Gasteiger partial charge in [0.2, 0.25) is 0 Å². The number of carbonyl (C=O) groups excluding carboxylic acids is 1. The largest absolute Gasteiger partial charge is 0.507 e. The summed E-state index contributed by atoms with van der Waals surface area (Å²) in [6.07, 6.45) is 0. The molecule has 4 rings (SSSR count). The normalized spacial score (nSPS) is 10.5. The summed E-state index contributed by atoms with van der Waals surface area (Å²) in [5.74, 6) is 0.516. The number of rotatable bonds is 5. The van der Waals surface area contributed by atoms with Crippen LogP contribution in [0.4, 0.5) is 5.69 Å². The molecule has 0 saturated carbocycles. The van der Waals surface area contributed by atoms with Crippen molar-refractivity contribution in [2.24, 2.45) is 0 Å². The summed E-state index contributed by atoms with van der Waals surface area (Å²) in [5.41, 5.74) is 2.64. The second-order valence-electron chi connectivity index (χ2n) is 6.27. The van der Waals surface area contributed by atoms with Gasteiger partial charge >= 0.3 is 0 Å². The predicted octanol–water partition coefficient (Wildman–Crippen LogP) is 5.44. The first-order valence-electron chi connectivity index (χ1n) is 8.95. The van der Waals surface area contributed by atoms with E-state index < -0.39 is 0 Å². The maximum absolute atomic E-state index is 13.1. The van der Waals surface area contributed by atoms with Gasteiger partial charge in [-0.3, -0.25) is 4.79 Å². The fourth-order valence-electron chi connectivity index (χ4n) is 2.92. The van der Waals surface area contributed by atoms with Crippen LogP contribution < -0.4 is 10.1 Å². The van der Waals surface area contributed by atoms with Crippen LogP contribution in [0.1, 0.15) is 9.67 Å². The highest BCUT2D eigenvalue weighted by Gasteiger charge is 2.21. The van der Waals surface area contributed by atoms with Crippen molar-refractivity contribution >= 4 is 22.9 Å². The number of nitrogens with zero attached hydrogens (tertiary/aromatic N) is 1. The van der Waals surface area contributed by atoms with Gasteiger partial charge in [-0.15, -0.1) is 11.3 Å². The SMILES string of the molecule is COc1cccc(NC(=O)c2sc(-c3ccccc3O)nc2-c2ccccc2)c1. The van der Waals surface area contributed by atoms with Crippen LogP contribution in [-0.4, -0.2) is 23.1 Å². The van der Waals surface area contributed by atoms with Gasteiger partial charge in [0, 0.05) is 17.3 Å². The Hall–Kier alpha value is -3.64. The molecule has 2 N–H and O–H groups in total. The standard InChI is InChI=1S/C23H18N2O3S/c1-28-17-11-7-10-16(14-17)24-22(27)21-20(15-8-3-2-4-9-15)25-23(29-21)18-12-5-6-13-19(18)26/h2-14,26H,1H3,(H,24,27). The van der Waals surface area contributed by atoms with Crippen LogP contribution in [0.3, 0.4) is 0 Å². The Bertz CT molecular complexity index is 1160. The number of carbonyl (C=O) groups is 1. The van der Waals surface area contributed by atoms with E-state index in [1.54, 1.807) is 37.4 Å². The lowest BCUT2D eigenvalue weighted by Crippen LogP contribution is -2.11. The zero-order valence-electron chi connectivity index (χ0n) is 15.6. The van der Waals surface area contributed by atoms with E-state index in [-0.39, 0.29) is 11.7 Å². The van der Waals surface area contributed by atoms with E-state index >= 15 is 0 Å². The number of ether oxygens (including phenoxy) is 1. The summed E-state index contributed by atoms with van der Waals surface area (Å²) in [6.45, 7) is 0. The molecule has 1 heterocycles. The first-order chi connectivity index (χ1) is 14.2. The average Bonchev–Trinajstić information content (AvgIpc) is 3.20. The van der Waals surface area contributed by atoms with E-state index in [9.17, 15) is 9.90 Å². The molecule has 0 unspecified atom stereocenters. The van der Waals surface area contributed by atoms with Crippen LogP contribution in [0.25, 0.3) is 21.8 Å². The van der Waals surface area contributed by atoms with Gasteiger partial charge in [0.05, 0.1) is 18.4 Å². The number of aromatic hydroxyl groups is 1. The molecule has 1 amide bonds. The molecule has 5 nitrogen and oxygen atoms in total. The highest BCUT2D eigenvalue weighted by Crippen LogP contribution is 2.37. The molecule has 0 aliphatic carbocycles. The Labute approximate surface area is 172 Å².